The minimum atomic E-state index is -3.51. The van der Waals surface area contributed by atoms with Crippen molar-refractivity contribution in [3.05, 3.63) is 29.3 Å². The lowest BCUT2D eigenvalue weighted by Crippen LogP contribution is -2.22. The largest absolute Gasteiger partial charge is 0.257 e. The summed E-state index contributed by atoms with van der Waals surface area (Å²) < 4.78 is 26.7. The lowest BCUT2D eigenvalue weighted by atomic mass is 10.4. The molecule has 0 atom stereocenters. The van der Waals surface area contributed by atoms with E-state index < -0.39 is 10.0 Å². The van der Waals surface area contributed by atoms with E-state index in [9.17, 15) is 8.42 Å². The van der Waals surface area contributed by atoms with Gasteiger partial charge >= 0.3 is 0 Å². The zero-order valence-corrected chi connectivity index (χ0v) is 9.51. The molecule has 0 aliphatic carbocycles. The van der Waals surface area contributed by atoms with Crippen LogP contribution >= 0.6 is 11.6 Å². The molecule has 3 nitrogen and oxygen atoms in total. The van der Waals surface area contributed by atoms with Crippen molar-refractivity contribution in [1.29, 1.82) is 0 Å². The predicted octanol–water partition coefficient (Wildman–Crippen LogP) is 2.04. The van der Waals surface area contributed by atoms with Crippen molar-refractivity contribution in [2.45, 2.75) is 24.8 Å². The molecule has 1 aromatic rings. The standard InChI is InChI=1S/C9H11ClNO2S/c1-7(2)11-14(12,13)9-5-3-8(10)4-6-9/h3-7H,1-2H3. The third-order valence-corrected chi connectivity index (χ3v) is 3.28. The van der Waals surface area contributed by atoms with Crippen molar-refractivity contribution in [2.24, 2.45) is 0 Å². The molecule has 0 amide bonds. The molecule has 1 aromatic carbocycles. The number of hydrogen-bond acceptors (Lipinski definition) is 2. The highest BCUT2D eigenvalue weighted by molar-refractivity contribution is 7.89. The first-order valence-corrected chi connectivity index (χ1v) is 5.96. The highest BCUT2D eigenvalue weighted by Gasteiger charge is 2.16. The molecule has 0 fully saturated rings. The van der Waals surface area contributed by atoms with Crippen LogP contribution in [0.25, 0.3) is 0 Å². The first-order valence-electron chi connectivity index (χ1n) is 4.14. The summed E-state index contributed by atoms with van der Waals surface area (Å²) in [5.41, 5.74) is 0. The van der Waals surface area contributed by atoms with Crippen LogP contribution in [0.3, 0.4) is 0 Å². The Balaban J connectivity index is 2.99. The lowest BCUT2D eigenvalue weighted by molar-refractivity contribution is 0.567. The number of hydrogen-bond donors (Lipinski definition) is 0. The topological polar surface area (TPSA) is 48.2 Å². The second-order valence-corrected chi connectivity index (χ2v) is 5.20. The van der Waals surface area contributed by atoms with Gasteiger partial charge in [-0.1, -0.05) is 11.6 Å². The Hall–Kier alpha value is -0.580. The van der Waals surface area contributed by atoms with Crippen molar-refractivity contribution in [3.8, 4) is 0 Å². The van der Waals surface area contributed by atoms with E-state index in [1.54, 1.807) is 13.8 Å². The Bertz CT molecular complexity index is 397. The summed E-state index contributed by atoms with van der Waals surface area (Å²) in [5.74, 6) is 0. The average molecular weight is 233 g/mol. The van der Waals surface area contributed by atoms with Gasteiger partial charge in [0.25, 0.3) is 10.0 Å². The molecule has 0 aliphatic rings. The Kier molecular flexibility index (Phi) is 3.53. The van der Waals surface area contributed by atoms with Crippen LogP contribution in [0.2, 0.25) is 5.02 Å². The van der Waals surface area contributed by atoms with Crippen LogP contribution in [0.1, 0.15) is 13.8 Å². The number of halogens is 1. The van der Waals surface area contributed by atoms with Gasteiger partial charge in [-0.3, -0.25) is 0 Å². The van der Waals surface area contributed by atoms with E-state index in [0.717, 1.165) is 0 Å². The Labute approximate surface area is 89.1 Å². The van der Waals surface area contributed by atoms with E-state index in [0.29, 0.717) is 5.02 Å². The van der Waals surface area contributed by atoms with Crippen molar-refractivity contribution >= 4 is 21.6 Å². The Morgan fingerprint density at radius 3 is 2.14 bits per heavy atom. The van der Waals surface area contributed by atoms with E-state index in [-0.39, 0.29) is 10.9 Å². The van der Waals surface area contributed by atoms with E-state index in [2.05, 4.69) is 4.72 Å². The maximum atomic E-state index is 11.5. The smallest absolute Gasteiger partial charge is 0.206 e. The maximum Gasteiger partial charge on any atom is 0.257 e. The molecule has 14 heavy (non-hydrogen) atoms. The normalized spacial score (nSPS) is 12.0. The van der Waals surface area contributed by atoms with Crippen molar-refractivity contribution < 1.29 is 8.42 Å². The lowest BCUT2D eigenvalue weighted by Gasteiger charge is -2.06. The fourth-order valence-corrected chi connectivity index (χ4v) is 2.23. The van der Waals surface area contributed by atoms with Gasteiger partial charge in [0.2, 0.25) is 0 Å². The molecule has 1 rings (SSSR count). The molecular formula is C9H11ClNO2S. The zero-order valence-electron chi connectivity index (χ0n) is 7.94. The van der Waals surface area contributed by atoms with Gasteiger partial charge in [-0.15, -0.1) is 4.72 Å². The monoisotopic (exact) mass is 232 g/mol. The third-order valence-electron chi connectivity index (χ3n) is 1.46. The molecule has 77 valence electrons. The molecule has 0 unspecified atom stereocenters. The number of nitrogens with zero attached hydrogens (tertiary/aromatic N) is 1. The van der Waals surface area contributed by atoms with Gasteiger partial charge in [0, 0.05) is 11.1 Å². The van der Waals surface area contributed by atoms with Gasteiger partial charge in [-0.05, 0) is 38.1 Å². The van der Waals surface area contributed by atoms with Gasteiger partial charge in [-0.25, -0.2) is 8.42 Å². The van der Waals surface area contributed by atoms with Crippen LogP contribution in [-0.2, 0) is 10.0 Å². The van der Waals surface area contributed by atoms with Gasteiger partial charge in [0.05, 0.1) is 4.90 Å². The summed E-state index contributed by atoms with van der Waals surface area (Å²) in [7, 11) is -3.51. The van der Waals surface area contributed by atoms with Crippen LogP contribution in [0, 0.1) is 0 Å². The third kappa shape index (κ3) is 2.97. The summed E-state index contributed by atoms with van der Waals surface area (Å²) in [6.45, 7) is 3.43. The highest BCUT2D eigenvalue weighted by atomic mass is 35.5. The highest BCUT2D eigenvalue weighted by Crippen LogP contribution is 2.14. The summed E-state index contributed by atoms with van der Waals surface area (Å²) in [6, 6.07) is 5.72. The van der Waals surface area contributed by atoms with E-state index in [4.69, 9.17) is 11.6 Å². The maximum absolute atomic E-state index is 11.5. The molecule has 5 heteroatoms. The minimum absolute atomic E-state index is 0.176. The van der Waals surface area contributed by atoms with Gasteiger partial charge in [0.15, 0.2) is 0 Å². The van der Waals surface area contributed by atoms with Crippen LogP contribution < -0.4 is 4.72 Å². The quantitative estimate of drug-likeness (QED) is 0.801. The second-order valence-electron chi connectivity index (χ2n) is 3.13. The summed E-state index contributed by atoms with van der Waals surface area (Å²) in [4.78, 5) is 0.176. The minimum Gasteiger partial charge on any atom is -0.206 e. The van der Waals surface area contributed by atoms with Gasteiger partial charge in [-0.2, -0.15) is 0 Å². The number of benzene rings is 1. The fraction of sp³-hybridized carbons (Fsp3) is 0.333. The average Bonchev–Trinajstić information content (AvgIpc) is 2.02. The fourth-order valence-electron chi connectivity index (χ4n) is 0.945. The first kappa shape index (κ1) is 11.5. The molecule has 0 aliphatic heterocycles. The van der Waals surface area contributed by atoms with Crippen LogP contribution in [-0.4, -0.2) is 14.5 Å². The molecular weight excluding hydrogens is 222 g/mol. The summed E-state index contributed by atoms with van der Waals surface area (Å²) >= 11 is 5.64. The number of rotatable bonds is 3. The molecule has 0 aromatic heterocycles. The van der Waals surface area contributed by atoms with E-state index >= 15 is 0 Å². The Morgan fingerprint density at radius 2 is 1.71 bits per heavy atom. The van der Waals surface area contributed by atoms with Crippen molar-refractivity contribution in [2.75, 3.05) is 0 Å². The molecule has 0 N–H and O–H groups in total. The van der Waals surface area contributed by atoms with Crippen molar-refractivity contribution in [3.63, 3.8) is 0 Å². The summed E-state index contributed by atoms with van der Waals surface area (Å²) in [6.07, 6.45) is 0. The molecule has 0 saturated heterocycles. The first-order chi connectivity index (χ1) is 6.42. The van der Waals surface area contributed by atoms with E-state index in [1.807, 2.05) is 0 Å². The number of sulfonamides is 1. The van der Waals surface area contributed by atoms with Gasteiger partial charge < -0.3 is 0 Å². The zero-order chi connectivity index (χ0) is 10.8. The molecule has 0 saturated carbocycles. The van der Waals surface area contributed by atoms with Gasteiger partial charge in [0.1, 0.15) is 0 Å². The van der Waals surface area contributed by atoms with E-state index in [1.165, 1.54) is 24.3 Å². The van der Waals surface area contributed by atoms with Crippen molar-refractivity contribution in [1.82, 2.24) is 4.72 Å². The summed E-state index contributed by atoms with van der Waals surface area (Å²) in [5, 5.41) is 0.508. The van der Waals surface area contributed by atoms with Crippen LogP contribution in [0.15, 0.2) is 29.2 Å². The van der Waals surface area contributed by atoms with Crippen LogP contribution in [0.4, 0.5) is 0 Å². The predicted molar refractivity (Wildman–Crippen MR) is 55.9 cm³/mol. The molecule has 1 radical (unpaired) electrons. The second kappa shape index (κ2) is 4.29. The molecule has 0 heterocycles. The van der Waals surface area contributed by atoms with Crippen LogP contribution in [0.5, 0.6) is 0 Å². The SMILES string of the molecule is CC(C)[N]S(=O)(=O)c1ccc(Cl)cc1. The molecule has 0 bridgehead atoms. The molecule has 0 spiro atoms. The Morgan fingerprint density at radius 1 is 1.21 bits per heavy atom.